The lowest BCUT2D eigenvalue weighted by molar-refractivity contribution is -0.128. The number of hydrogen-bond acceptors (Lipinski definition) is 3. The van der Waals surface area contributed by atoms with Crippen molar-refractivity contribution < 1.29 is 9.53 Å². The summed E-state index contributed by atoms with van der Waals surface area (Å²) in [4.78, 5) is 12.4. The van der Waals surface area contributed by atoms with Gasteiger partial charge in [0.25, 0.3) is 5.91 Å². The average molecular weight is 316 g/mol. The predicted octanol–water partition coefficient (Wildman–Crippen LogP) is 2.98. The molecule has 0 aromatic heterocycles. The molecule has 2 aliphatic heterocycles. The molecule has 1 aromatic carbocycles. The van der Waals surface area contributed by atoms with Gasteiger partial charge in [0.05, 0.1) is 0 Å². The van der Waals surface area contributed by atoms with Gasteiger partial charge in [-0.15, -0.1) is 0 Å². The van der Waals surface area contributed by atoms with Crippen LogP contribution in [0.25, 0.3) is 0 Å². The van der Waals surface area contributed by atoms with Crippen LogP contribution in [0.15, 0.2) is 24.3 Å². The predicted molar refractivity (Wildman–Crippen MR) is 91.7 cm³/mol. The lowest BCUT2D eigenvalue weighted by atomic mass is 9.99. The first kappa shape index (κ1) is 16.3. The minimum atomic E-state index is -0.468. The van der Waals surface area contributed by atoms with Crippen LogP contribution in [0.4, 0.5) is 0 Å². The van der Waals surface area contributed by atoms with Crippen molar-refractivity contribution in [3.8, 4) is 5.75 Å². The topological polar surface area (TPSA) is 50.4 Å². The molecule has 2 bridgehead atoms. The van der Waals surface area contributed by atoms with Crippen LogP contribution in [-0.4, -0.2) is 30.1 Å². The van der Waals surface area contributed by atoms with E-state index in [1.807, 2.05) is 25.1 Å². The van der Waals surface area contributed by atoms with Gasteiger partial charge in [-0.25, -0.2) is 0 Å². The van der Waals surface area contributed by atoms with Gasteiger partial charge in [0.2, 0.25) is 0 Å². The molecule has 0 radical (unpaired) electrons. The molecule has 1 aromatic rings. The van der Waals surface area contributed by atoms with Crippen molar-refractivity contribution in [2.24, 2.45) is 0 Å². The van der Waals surface area contributed by atoms with Crippen LogP contribution in [0.2, 0.25) is 0 Å². The Bertz CT molecular complexity index is 546. The fourth-order valence-electron chi connectivity index (χ4n) is 3.70. The summed E-state index contributed by atoms with van der Waals surface area (Å²) in [6.45, 7) is 6.13. The third-order valence-electron chi connectivity index (χ3n) is 5.03. The maximum Gasteiger partial charge on any atom is 0.260 e. The van der Waals surface area contributed by atoms with Crippen LogP contribution in [-0.2, 0) is 4.79 Å². The second-order valence-electron chi connectivity index (χ2n) is 7.30. The van der Waals surface area contributed by atoms with Crippen LogP contribution in [0, 0.1) is 0 Å². The fraction of sp³-hybridized carbons (Fsp3) is 0.632. The number of benzene rings is 1. The second-order valence-corrected chi connectivity index (χ2v) is 7.30. The first-order valence-electron chi connectivity index (χ1n) is 8.84. The lowest BCUT2D eigenvalue weighted by Gasteiger charge is -2.30. The van der Waals surface area contributed by atoms with Gasteiger partial charge in [-0.1, -0.05) is 26.0 Å². The molecular weight excluding hydrogens is 288 g/mol. The van der Waals surface area contributed by atoms with Crippen LogP contribution in [0.3, 0.4) is 0 Å². The van der Waals surface area contributed by atoms with E-state index in [2.05, 4.69) is 30.5 Å². The smallest absolute Gasteiger partial charge is 0.260 e. The Labute approximate surface area is 139 Å². The highest BCUT2D eigenvalue weighted by Gasteiger charge is 2.34. The highest BCUT2D eigenvalue weighted by atomic mass is 16.5. The van der Waals surface area contributed by atoms with E-state index in [0.717, 1.165) is 18.6 Å². The summed E-state index contributed by atoms with van der Waals surface area (Å²) < 4.78 is 5.85. The van der Waals surface area contributed by atoms with Crippen molar-refractivity contribution in [2.75, 3.05) is 0 Å². The molecule has 2 heterocycles. The summed E-state index contributed by atoms with van der Waals surface area (Å²) in [6, 6.07) is 9.47. The van der Waals surface area contributed by atoms with Crippen molar-refractivity contribution in [3.63, 3.8) is 0 Å². The highest BCUT2D eigenvalue weighted by Crippen LogP contribution is 2.27. The number of piperidine rings is 1. The Morgan fingerprint density at radius 2 is 1.91 bits per heavy atom. The van der Waals surface area contributed by atoms with Crippen LogP contribution in [0.1, 0.15) is 57.9 Å². The van der Waals surface area contributed by atoms with Crippen molar-refractivity contribution in [2.45, 2.75) is 76.6 Å². The van der Waals surface area contributed by atoms with E-state index in [-0.39, 0.29) is 11.9 Å². The largest absolute Gasteiger partial charge is 0.481 e. The number of ether oxygens (including phenoxy) is 1. The standard InChI is InChI=1S/C19H28N2O2/c1-12(2)14-5-4-6-18(9-14)23-13(3)19(22)21-17-10-15-7-8-16(11-17)20-15/h4-6,9,12-13,15-17,20H,7-8,10-11H2,1-3H3,(H,21,22). The Morgan fingerprint density at radius 3 is 2.57 bits per heavy atom. The highest BCUT2D eigenvalue weighted by molar-refractivity contribution is 5.81. The summed E-state index contributed by atoms with van der Waals surface area (Å²) in [5.74, 6) is 1.21. The number of rotatable bonds is 5. The van der Waals surface area contributed by atoms with E-state index >= 15 is 0 Å². The summed E-state index contributed by atoms with van der Waals surface area (Å²) >= 11 is 0. The van der Waals surface area contributed by atoms with Gasteiger partial charge in [-0.3, -0.25) is 4.79 Å². The van der Waals surface area contributed by atoms with Gasteiger partial charge in [-0.05, 0) is 56.2 Å². The third kappa shape index (κ3) is 4.05. The maximum atomic E-state index is 12.4. The SMILES string of the molecule is CC(Oc1cccc(C(C)C)c1)C(=O)NC1CC2CCC(C1)N2. The van der Waals surface area contributed by atoms with Crippen LogP contribution in [0.5, 0.6) is 5.75 Å². The van der Waals surface area contributed by atoms with Gasteiger partial charge < -0.3 is 15.4 Å². The van der Waals surface area contributed by atoms with Gasteiger partial charge in [0, 0.05) is 18.1 Å². The van der Waals surface area contributed by atoms with Gasteiger partial charge in [-0.2, -0.15) is 0 Å². The Hall–Kier alpha value is -1.55. The molecule has 1 amide bonds. The number of fused-ring (bicyclic) bond motifs is 2. The molecule has 23 heavy (non-hydrogen) atoms. The zero-order chi connectivity index (χ0) is 16.4. The molecule has 2 N–H and O–H groups in total. The monoisotopic (exact) mass is 316 g/mol. The molecule has 0 saturated carbocycles. The molecule has 4 nitrogen and oxygen atoms in total. The molecule has 3 unspecified atom stereocenters. The van der Waals surface area contributed by atoms with E-state index in [1.54, 1.807) is 0 Å². The maximum absolute atomic E-state index is 12.4. The second kappa shape index (κ2) is 6.91. The fourth-order valence-corrected chi connectivity index (χ4v) is 3.70. The van der Waals surface area contributed by atoms with Crippen molar-refractivity contribution in [3.05, 3.63) is 29.8 Å². The van der Waals surface area contributed by atoms with E-state index in [0.29, 0.717) is 18.0 Å². The van der Waals surface area contributed by atoms with Gasteiger partial charge in [0.1, 0.15) is 5.75 Å². The molecule has 0 spiro atoms. The van der Waals surface area contributed by atoms with E-state index in [4.69, 9.17) is 4.74 Å². The van der Waals surface area contributed by atoms with E-state index in [1.165, 1.54) is 18.4 Å². The Balaban J connectivity index is 1.54. The van der Waals surface area contributed by atoms with E-state index in [9.17, 15) is 4.79 Å². The number of amides is 1. The molecule has 3 rings (SSSR count). The van der Waals surface area contributed by atoms with Gasteiger partial charge in [0.15, 0.2) is 6.10 Å². The van der Waals surface area contributed by atoms with Gasteiger partial charge >= 0.3 is 0 Å². The molecule has 126 valence electrons. The third-order valence-corrected chi connectivity index (χ3v) is 5.03. The number of nitrogens with one attached hydrogen (secondary N) is 2. The minimum Gasteiger partial charge on any atom is -0.481 e. The molecule has 2 fully saturated rings. The van der Waals surface area contributed by atoms with Crippen molar-refractivity contribution in [1.82, 2.24) is 10.6 Å². The Kier molecular flexibility index (Phi) is 4.90. The lowest BCUT2D eigenvalue weighted by Crippen LogP contribution is -2.50. The zero-order valence-corrected chi connectivity index (χ0v) is 14.3. The number of carbonyl (C=O) groups is 1. The minimum absolute atomic E-state index is 0.00810. The average Bonchev–Trinajstić information content (AvgIpc) is 2.86. The molecule has 0 aliphatic carbocycles. The summed E-state index contributed by atoms with van der Waals surface area (Å²) in [7, 11) is 0. The first-order chi connectivity index (χ1) is 11.0. The number of hydrogen-bond donors (Lipinski definition) is 2. The van der Waals surface area contributed by atoms with Crippen molar-refractivity contribution >= 4 is 5.91 Å². The first-order valence-corrected chi connectivity index (χ1v) is 8.84. The molecule has 2 saturated heterocycles. The normalized spacial score (nSPS) is 27.7. The summed E-state index contributed by atoms with van der Waals surface area (Å²) in [6.07, 6.45) is 4.09. The summed E-state index contributed by atoms with van der Waals surface area (Å²) in [5.41, 5.74) is 1.23. The zero-order valence-electron chi connectivity index (χ0n) is 14.3. The molecular formula is C19H28N2O2. The molecule has 2 aliphatic rings. The Morgan fingerprint density at radius 1 is 1.22 bits per heavy atom. The van der Waals surface area contributed by atoms with Crippen LogP contribution < -0.4 is 15.4 Å². The molecule has 4 heteroatoms. The summed E-state index contributed by atoms with van der Waals surface area (Å²) in [5, 5.41) is 6.77. The van der Waals surface area contributed by atoms with Crippen molar-refractivity contribution in [1.29, 1.82) is 0 Å². The quantitative estimate of drug-likeness (QED) is 0.878. The van der Waals surface area contributed by atoms with E-state index < -0.39 is 6.10 Å². The number of carbonyl (C=O) groups excluding carboxylic acids is 1. The van der Waals surface area contributed by atoms with Crippen LogP contribution >= 0.6 is 0 Å². The molecule has 3 atom stereocenters.